The molecule has 1 atom stereocenters. The van der Waals surface area contributed by atoms with Gasteiger partial charge in [-0.1, -0.05) is 13.3 Å². The van der Waals surface area contributed by atoms with Crippen molar-refractivity contribution in [2.75, 3.05) is 34.0 Å². The van der Waals surface area contributed by atoms with Gasteiger partial charge in [0, 0.05) is 29.6 Å². The molecule has 41 heavy (non-hydrogen) atoms. The predicted octanol–water partition coefficient (Wildman–Crippen LogP) is 6.12. The van der Waals surface area contributed by atoms with Crippen LogP contribution in [0.25, 0.3) is 11.0 Å². The summed E-state index contributed by atoms with van der Waals surface area (Å²) >= 11 is 0. The summed E-state index contributed by atoms with van der Waals surface area (Å²) in [4.78, 5) is 27.6. The molecule has 8 nitrogen and oxygen atoms in total. The molecule has 1 aliphatic rings. The van der Waals surface area contributed by atoms with Gasteiger partial charge >= 0.3 is 5.63 Å². The zero-order valence-corrected chi connectivity index (χ0v) is 23.9. The van der Waals surface area contributed by atoms with E-state index in [1.807, 2.05) is 48.2 Å². The minimum Gasteiger partial charge on any atom is -0.494 e. The van der Waals surface area contributed by atoms with E-state index in [2.05, 4.69) is 6.92 Å². The van der Waals surface area contributed by atoms with Crippen molar-refractivity contribution in [2.24, 2.45) is 0 Å². The molecule has 0 radical (unpaired) electrons. The van der Waals surface area contributed by atoms with Gasteiger partial charge in [0.2, 0.25) is 0 Å². The highest BCUT2D eigenvalue weighted by molar-refractivity contribution is 5.95. The Labute approximate surface area is 239 Å². The average Bonchev–Trinajstić information content (AvgIpc) is 2.98. The predicted molar refractivity (Wildman–Crippen MR) is 157 cm³/mol. The normalized spacial score (nSPS) is 14.4. The van der Waals surface area contributed by atoms with Crippen LogP contribution in [0, 0.1) is 6.92 Å². The van der Waals surface area contributed by atoms with E-state index in [1.54, 1.807) is 32.4 Å². The van der Waals surface area contributed by atoms with Gasteiger partial charge in [0.25, 0.3) is 5.91 Å². The average molecular weight is 558 g/mol. The van der Waals surface area contributed by atoms with Crippen LogP contribution in [0.4, 0.5) is 0 Å². The fourth-order valence-corrected chi connectivity index (χ4v) is 5.22. The molecular weight excluding hydrogens is 522 g/mol. The van der Waals surface area contributed by atoms with Crippen molar-refractivity contribution in [3.05, 3.63) is 93.3 Å². The highest BCUT2D eigenvalue weighted by Crippen LogP contribution is 2.39. The molecule has 214 valence electrons. The SMILES string of the molecule is CCCCOc1ccc(C(=O)N2CCc3cc(OC)c(OC)cc3C2COc2ccc3c(C)cc(=O)oc3c2)cc1. The summed E-state index contributed by atoms with van der Waals surface area (Å²) in [5.74, 6) is 2.42. The van der Waals surface area contributed by atoms with E-state index in [4.69, 9.17) is 23.4 Å². The smallest absolute Gasteiger partial charge is 0.336 e. The summed E-state index contributed by atoms with van der Waals surface area (Å²) in [7, 11) is 3.20. The third-order valence-electron chi connectivity index (χ3n) is 7.46. The maximum absolute atomic E-state index is 13.9. The van der Waals surface area contributed by atoms with E-state index in [9.17, 15) is 9.59 Å². The van der Waals surface area contributed by atoms with Gasteiger partial charge in [-0.3, -0.25) is 4.79 Å². The number of aryl methyl sites for hydroxylation is 1. The lowest BCUT2D eigenvalue weighted by molar-refractivity contribution is 0.0589. The Balaban J connectivity index is 1.45. The van der Waals surface area contributed by atoms with Crippen molar-refractivity contribution in [3.63, 3.8) is 0 Å². The van der Waals surface area contributed by atoms with Gasteiger partial charge in [0.1, 0.15) is 23.7 Å². The van der Waals surface area contributed by atoms with Crippen LogP contribution < -0.4 is 24.6 Å². The fraction of sp³-hybridized carbons (Fsp3) is 0.333. The van der Waals surface area contributed by atoms with Crippen LogP contribution in [0.5, 0.6) is 23.0 Å². The Hall–Kier alpha value is -4.46. The van der Waals surface area contributed by atoms with Gasteiger partial charge in [-0.05, 0) is 85.0 Å². The quantitative estimate of drug-likeness (QED) is 0.172. The van der Waals surface area contributed by atoms with Crippen molar-refractivity contribution in [1.82, 2.24) is 4.90 Å². The van der Waals surface area contributed by atoms with E-state index in [0.29, 0.717) is 48.0 Å². The number of nitrogens with zero attached hydrogens (tertiary/aromatic N) is 1. The molecule has 0 saturated heterocycles. The summed E-state index contributed by atoms with van der Waals surface area (Å²) in [5.41, 5.74) is 3.46. The topological polar surface area (TPSA) is 87.4 Å². The number of benzene rings is 3. The van der Waals surface area contributed by atoms with Crippen LogP contribution >= 0.6 is 0 Å². The molecule has 1 amide bonds. The molecular formula is C33H35NO7. The molecule has 1 unspecified atom stereocenters. The van der Waals surface area contributed by atoms with E-state index in [1.165, 1.54) is 6.07 Å². The molecule has 1 aromatic heterocycles. The maximum atomic E-state index is 13.9. The first-order valence-electron chi connectivity index (χ1n) is 13.9. The number of hydrogen-bond acceptors (Lipinski definition) is 7. The van der Waals surface area contributed by atoms with Gasteiger partial charge in [0.05, 0.1) is 26.9 Å². The molecule has 0 aliphatic carbocycles. The highest BCUT2D eigenvalue weighted by atomic mass is 16.5. The molecule has 0 saturated carbocycles. The molecule has 5 rings (SSSR count). The zero-order valence-electron chi connectivity index (χ0n) is 23.9. The Morgan fingerprint density at radius 2 is 1.68 bits per heavy atom. The minimum atomic E-state index is -0.409. The lowest BCUT2D eigenvalue weighted by atomic mass is 9.91. The number of carbonyl (C=O) groups excluding carboxylic acids is 1. The van der Waals surface area contributed by atoms with Gasteiger partial charge < -0.3 is 28.3 Å². The number of rotatable bonds is 10. The van der Waals surface area contributed by atoms with E-state index >= 15 is 0 Å². The summed E-state index contributed by atoms with van der Waals surface area (Å²) in [5, 5.41) is 0.843. The number of amides is 1. The summed E-state index contributed by atoms with van der Waals surface area (Å²) in [6.07, 6.45) is 2.70. The third kappa shape index (κ3) is 6.01. The standard InChI is InChI=1S/C33H35NO7/c1-5-6-15-39-24-9-7-22(8-10-24)33(36)34-14-13-23-17-30(37-3)31(38-4)19-27(23)28(34)20-40-25-11-12-26-21(2)16-32(35)41-29(26)18-25/h7-12,16-19,28H,5-6,13-15,20H2,1-4H3. The molecule has 4 aromatic rings. The molecule has 0 N–H and O–H groups in total. The van der Waals surface area contributed by atoms with Crippen LogP contribution in [-0.4, -0.2) is 44.8 Å². The summed E-state index contributed by atoms with van der Waals surface area (Å²) < 4.78 is 28.6. The Morgan fingerprint density at radius 3 is 2.41 bits per heavy atom. The number of unbranched alkanes of at least 4 members (excludes halogenated alkanes) is 1. The van der Waals surface area contributed by atoms with Crippen LogP contribution in [0.3, 0.4) is 0 Å². The van der Waals surface area contributed by atoms with Crippen molar-refractivity contribution >= 4 is 16.9 Å². The Bertz CT molecular complexity index is 1590. The summed E-state index contributed by atoms with van der Waals surface area (Å²) in [6.45, 7) is 5.33. The van der Waals surface area contributed by atoms with Crippen LogP contribution in [0.2, 0.25) is 0 Å². The second-order valence-corrected chi connectivity index (χ2v) is 10.1. The van der Waals surface area contributed by atoms with Crippen molar-refractivity contribution < 1.29 is 28.2 Å². The van der Waals surface area contributed by atoms with Gasteiger partial charge in [-0.25, -0.2) is 4.79 Å². The van der Waals surface area contributed by atoms with Crippen molar-refractivity contribution in [2.45, 2.75) is 39.2 Å². The number of carbonyl (C=O) groups is 1. The van der Waals surface area contributed by atoms with Crippen LogP contribution in [0.1, 0.15) is 52.9 Å². The van der Waals surface area contributed by atoms with Crippen molar-refractivity contribution in [3.8, 4) is 23.0 Å². The van der Waals surface area contributed by atoms with Gasteiger partial charge in [0.15, 0.2) is 11.5 Å². The summed E-state index contributed by atoms with van der Waals surface area (Å²) in [6, 6.07) is 17.7. The second kappa shape index (κ2) is 12.4. The first-order valence-corrected chi connectivity index (χ1v) is 13.9. The monoisotopic (exact) mass is 557 g/mol. The highest BCUT2D eigenvalue weighted by Gasteiger charge is 2.33. The van der Waals surface area contributed by atoms with Crippen molar-refractivity contribution in [1.29, 1.82) is 0 Å². The largest absolute Gasteiger partial charge is 0.494 e. The molecule has 2 heterocycles. The van der Waals surface area contributed by atoms with Gasteiger partial charge in [-0.15, -0.1) is 0 Å². The number of ether oxygens (including phenoxy) is 4. The third-order valence-corrected chi connectivity index (χ3v) is 7.46. The zero-order chi connectivity index (χ0) is 28.9. The first-order chi connectivity index (χ1) is 19.9. The van der Waals surface area contributed by atoms with Crippen LogP contribution in [-0.2, 0) is 6.42 Å². The molecule has 0 bridgehead atoms. The second-order valence-electron chi connectivity index (χ2n) is 10.1. The first kappa shape index (κ1) is 28.1. The Morgan fingerprint density at radius 1 is 0.951 bits per heavy atom. The molecule has 8 heteroatoms. The number of fused-ring (bicyclic) bond motifs is 2. The number of hydrogen-bond donors (Lipinski definition) is 0. The molecule has 3 aromatic carbocycles. The molecule has 1 aliphatic heterocycles. The van der Waals surface area contributed by atoms with E-state index in [0.717, 1.165) is 40.7 Å². The Kier molecular flexibility index (Phi) is 8.47. The van der Waals surface area contributed by atoms with Crippen LogP contribution in [0.15, 0.2) is 69.9 Å². The minimum absolute atomic E-state index is 0.0979. The van der Waals surface area contributed by atoms with E-state index < -0.39 is 11.7 Å². The number of methoxy groups -OCH3 is 2. The fourth-order valence-electron chi connectivity index (χ4n) is 5.22. The molecule has 0 fully saturated rings. The lowest BCUT2D eigenvalue weighted by Gasteiger charge is -2.37. The lowest BCUT2D eigenvalue weighted by Crippen LogP contribution is -2.42. The molecule has 0 spiro atoms. The van der Waals surface area contributed by atoms with E-state index in [-0.39, 0.29) is 12.5 Å². The van der Waals surface area contributed by atoms with Gasteiger partial charge in [-0.2, -0.15) is 0 Å². The maximum Gasteiger partial charge on any atom is 0.336 e.